The van der Waals surface area contributed by atoms with Crippen LogP contribution in [0.15, 0.2) is 86.0 Å². The number of rotatable bonds is 12. The average Bonchev–Trinajstić information content (AvgIpc) is 2.71. The lowest BCUT2D eigenvalue weighted by Gasteiger charge is -2.24. The lowest BCUT2D eigenvalue weighted by atomic mass is 9.96. The van der Waals surface area contributed by atoms with Crippen LogP contribution in [0.2, 0.25) is 0 Å². The highest BCUT2D eigenvalue weighted by molar-refractivity contribution is 8.00. The van der Waals surface area contributed by atoms with Gasteiger partial charge in [0.05, 0.1) is 11.4 Å². The summed E-state index contributed by atoms with van der Waals surface area (Å²) >= 11 is 1.89. The Kier molecular flexibility index (Phi) is 9.13. The van der Waals surface area contributed by atoms with Crippen molar-refractivity contribution in [1.29, 1.82) is 0 Å². The Morgan fingerprint density at radius 2 is 1.42 bits per heavy atom. The lowest BCUT2D eigenvalue weighted by Crippen LogP contribution is -2.09. The predicted octanol–water partition coefficient (Wildman–Crippen LogP) is 7.66. The van der Waals surface area contributed by atoms with Gasteiger partial charge >= 0.3 is 0 Å². The third-order valence-electron chi connectivity index (χ3n) is 4.66. The molecule has 0 aliphatic heterocycles. The van der Waals surface area contributed by atoms with Crippen LogP contribution in [0.4, 0.5) is 11.4 Å². The zero-order valence-electron chi connectivity index (χ0n) is 15.9. The molecule has 2 heteroatoms. The maximum Gasteiger partial charge on any atom is 0.0525 e. The number of anilines is 2. The smallest absolute Gasteiger partial charge is 0.0525 e. The highest BCUT2D eigenvalue weighted by atomic mass is 32.2. The van der Waals surface area contributed by atoms with Crippen molar-refractivity contribution < 1.29 is 0 Å². The van der Waals surface area contributed by atoms with Gasteiger partial charge in [-0.15, -0.1) is 13.2 Å². The minimum absolute atomic E-state index is 0.591. The maximum atomic E-state index is 4.05. The summed E-state index contributed by atoms with van der Waals surface area (Å²) in [6.07, 6.45) is 9.04. The minimum Gasteiger partial charge on any atom is -0.285 e. The van der Waals surface area contributed by atoms with Gasteiger partial charge in [0.2, 0.25) is 0 Å². The van der Waals surface area contributed by atoms with Gasteiger partial charge in [0, 0.05) is 5.75 Å². The first-order valence-corrected chi connectivity index (χ1v) is 10.5. The van der Waals surface area contributed by atoms with E-state index in [0.29, 0.717) is 11.8 Å². The Morgan fingerprint density at radius 1 is 0.846 bits per heavy atom. The number of hydrogen-bond acceptors (Lipinski definition) is 2. The Morgan fingerprint density at radius 3 is 1.92 bits per heavy atom. The van der Waals surface area contributed by atoms with E-state index in [1.807, 2.05) is 11.9 Å². The van der Waals surface area contributed by atoms with Gasteiger partial charge in [-0.3, -0.25) is 4.31 Å². The summed E-state index contributed by atoms with van der Waals surface area (Å²) in [5.74, 6) is 2.28. The average molecular weight is 366 g/mol. The Bertz CT molecular complexity index is 598. The van der Waals surface area contributed by atoms with Gasteiger partial charge in [-0.2, -0.15) is 0 Å². The predicted molar refractivity (Wildman–Crippen MR) is 119 cm³/mol. The number of allylic oxidation sites excluding steroid dienone is 2. The van der Waals surface area contributed by atoms with Crippen molar-refractivity contribution >= 4 is 23.3 Å². The van der Waals surface area contributed by atoms with Crippen molar-refractivity contribution in [3.05, 3.63) is 86.0 Å². The molecular formula is C24H31NS. The maximum absolute atomic E-state index is 4.05. The van der Waals surface area contributed by atoms with Gasteiger partial charge in [-0.25, -0.2) is 0 Å². The topological polar surface area (TPSA) is 3.24 Å². The first kappa shape index (κ1) is 20.4. The largest absolute Gasteiger partial charge is 0.285 e. The van der Waals surface area contributed by atoms with Gasteiger partial charge in [0.15, 0.2) is 0 Å². The second-order valence-corrected chi connectivity index (χ2v) is 7.76. The van der Waals surface area contributed by atoms with Crippen LogP contribution < -0.4 is 4.31 Å². The molecule has 2 unspecified atom stereocenters. The van der Waals surface area contributed by atoms with Crippen molar-refractivity contribution in [3.63, 3.8) is 0 Å². The van der Waals surface area contributed by atoms with Crippen LogP contribution in [0.25, 0.3) is 0 Å². The van der Waals surface area contributed by atoms with E-state index < -0.39 is 0 Å². The fourth-order valence-corrected chi connectivity index (χ4v) is 4.05. The zero-order chi connectivity index (χ0) is 18.6. The number of hydrogen-bond donors (Lipinski definition) is 0. The summed E-state index contributed by atoms with van der Waals surface area (Å²) < 4.78 is 2.33. The van der Waals surface area contributed by atoms with Gasteiger partial charge in [-0.05, 0) is 67.3 Å². The summed E-state index contributed by atoms with van der Waals surface area (Å²) in [5.41, 5.74) is 2.44. The molecule has 138 valence electrons. The van der Waals surface area contributed by atoms with Gasteiger partial charge in [-0.1, -0.05) is 61.9 Å². The third-order valence-corrected chi connectivity index (χ3v) is 5.76. The molecule has 0 fully saturated rings. The molecule has 2 aromatic rings. The highest BCUT2D eigenvalue weighted by Crippen LogP contribution is 2.33. The highest BCUT2D eigenvalue weighted by Gasteiger charge is 2.11. The Hall–Kier alpha value is -1.93. The van der Waals surface area contributed by atoms with Crippen molar-refractivity contribution in [1.82, 2.24) is 0 Å². The molecule has 0 bridgehead atoms. The van der Waals surface area contributed by atoms with Gasteiger partial charge in [0.1, 0.15) is 0 Å². The molecule has 0 aromatic heterocycles. The fraction of sp³-hybridized carbons (Fsp3) is 0.333. The van der Waals surface area contributed by atoms with Crippen LogP contribution >= 0.6 is 11.9 Å². The summed E-state index contributed by atoms with van der Waals surface area (Å²) in [4.78, 5) is 0. The summed E-state index contributed by atoms with van der Waals surface area (Å²) in [6.45, 7) is 10.2. The van der Waals surface area contributed by atoms with E-state index >= 15 is 0 Å². The van der Waals surface area contributed by atoms with Gasteiger partial charge in [0.25, 0.3) is 0 Å². The van der Waals surface area contributed by atoms with E-state index in [4.69, 9.17) is 0 Å². The normalized spacial score (nSPS) is 13.0. The van der Waals surface area contributed by atoms with Crippen LogP contribution in [-0.2, 0) is 0 Å². The van der Waals surface area contributed by atoms with E-state index in [0.717, 1.165) is 12.2 Å². The van der Waals surface area contributed by atoms with E-state index in [2.05, 4.69) is 97.2 Å². The molecule has 0 aliphatic carbocycles. The van der Waals surface area contributed by atoms with Crippen LogP contribution in [0, 0.1) is 11.8 Å². The van der Waals surface area contributed by atoms with Crippen molar-refractivity contribution in [2.75, 3.05) is 10.1 Å². The molecule has 0 radical (unpaired) electrons. The van der Waals surface area contributed by atoms with Crippen LogP contribution in [0.1, 0.15) is 32.6 Å². The fourth-order valence-electron chi connectivity index (χ4n) is 2.92. The second kappa shape index (κ2) is 11.6. The molecule has 0 spiro atoms. The molecule has 0 heterocycles. The molecule has 2 rings (SSSR count). The molecule has 1 nitrogen and oxygen atoms in total. The minimum atomic E-state index is 0.591. The van der Waals surface area contributed by atoms with Crippen molar-refractivity contribution in [2.45, 2.75) is 32.6 Å². The van der Waals surface area contributed by atoms with Crippen LogP contribution in [-0.4, -0.2) is 5.75 Å². The van der Waals surface area contributed by atoms with Crippen molar-refractivity contribution in [3.8, 4) is 0 Å². The molecule has 26 heavy (non-hydrogen) atoms. The quantitative estimate of drug-likeness (QED) is 0.280. The Labute approximate surface area is 164 Å². The summed E-state index contributed by atoms with van der Waals surface area (Å²) in [7, 11) is 0. The monoisotopic (exact) mass is 365 g/mol. The van der Waals surface area contributed by atoms with Gasteiger partial charge < -0.3 is 0 Å². The van der Waals surface area contributed by atoms with E-state index in [1.54, 1.807) is 0 Å². The standard InChI is InChI=1S/C24H31NS/c1-4-21(3)13-12-14-22(5-2)19-20-26-25(23-15-8-6-9-16-23)24-17-10-7-11-18-24/h4-11,15-18,21-22H,1-2,12-14,19-20H2,3H3. The Balaban J connectivity index is 1.90. The zero-order valence-corrected chi connectivity index (χ0v) is 16.7. The van der Waals surface area contributed by atoms with Crippen LogP contribution in [0.5, 0.6) is 0 Å². The second-order valence-electron chi connectivity index (χ2n) is 6.73. The summed E-state index contributed by atoms with van der Waals surface area (Å²) in [5, 5.41) is 0. The molecule has 0 saturated heterocycles. The molecule has 0 N–H and O–H groups in total. The van der Waals surface area contributed by atoms with Crippen molar-refractivity contribution in [2.24, 2.45) is 11.8 Å². The van der Waals surface area contributed by atoms with Crippen LogP contribution in [0.3, 0.4) is 0 Å². The summed E-state index contributed by atoms with van der Waals surface area (Å²) in [6, 6.07) is 21.2. The van der Waals surface area contributed by atoms with E-state index in [1.165, 1.54) is 30.6 Å². The molecule has 2 aromatic carbocycles. The SMILES string of the molecule is C=CC(C)CCCC(C=C)CCSN(c1ccccc1)c1ccccc1. The molecule has 2 atom stereocenters. The van der Waals surface area contributed by atoms with E-state index in [-0.39, 0.29) is 0 Å². The molecule has 0 saturated carbocycles. The number of para-hydroxylation sites is 2. The molecular weight excluding hydrogens is 334 g/mol. The molecule has 0 amide bonds. The number of nitrogens with zero attached hydrogens (tertiary/aromatic N) is 1. The third kappa shape index (κ3) is 6.76. The molecule has 0 aliphatic rings. The van der Waals surface area contributed by atoms with E-state index in [9.17, 15) is 0 Å². The first-order chi connectivity index (χ1) is 12.7. The lowest BCUT2D eigenvalue weighted by molar-refractivity contribution is 0.500. The first-order valence-electron chi connectivity index (χ1n) is 9.53. The number of benzene rings is 2.